The Morgan fingerprint density at radius 3 is 3.07 bits per heavy atom. The quantitative estimate of drug-likeness (QED) is 0.723. The lowest BCUT2D eigenvalue weighted by Crippen LogP contribution is -2.19. The molecule has 1 atom stereocenters. The zero-order chi connectivity index (χ0) is 10.1. The predicted molar refractivity (Wildman–Crippen MR) is 58.2 cm³/mol. The highest BCUT2D eigenvalue weighted by atomic mass is 32.2. The second-order valence-electron chi connectivity index (χ2n) is 3.25. The molecule has 0 radical (unpaired) electrons. The zero-order valence-corrected chi connectivity index (χ0v) is 9.06. The van der Waals surface area contributed by atoms with Crippen molar-refractivity contribution in [2.75, 3.05) is 18.6 Å². The summed E-state index contributed by atoms with van der Waals surface area (Å²) in [6.45, 7) is 2.05. The van der Waals surface area contributed by atoms with Gasteiger partial charge in [-0.15, -0.1) is 11.8 Å². The number of thioether (sulfide) groups is 1. The molecule has 0 fully saturated rings. The predicted octanol–water partition coefficient (Wildman–Crippen LogP) is 2.15. The fraction of sp³-hybridized carbons (Fsp3) is 0.400. The molecule has 0 saturated carbocycles. The molecule has 0 amide bonds. The second-order valence-corrected chi connectivity index (χ2v) is 4.28. The van der Waals surface area contributed by atoms with E-state index in [0.717, 1.165) is 22.1 Å². The summed E-state index contributed by atoms with van der Waals surface area (Å²) in [6.07, 6.45) is 0.250. The molecule has 0 aliphatic carbocycles. The van der Waals surface area contributed by atoms with Gasteiger partial charge in [-0.1, -0.05) is 0 Å². The number of hydrogen-bond donors (Lipinski definition) is 1. The highest BCUT2D eigenvalue weighted by Crippen LogP contribution is 2.43. The molecule has 1 unspecified atom stereocenters. The van der Waals surface area contributed by atoms with Gasteiger partial charge in [-0.2, -0.15) is 0 Å². The van der Waals surface area contributed by atoms with E-state index in [2.05, 4.69) is 6.92 Å². The Morgan fingerprint density at radius 1 is 1.57 bits per heavy atom. The van der Waals surface area contributed by atoms with Crippen molar-refractivity contribution in [3.8, 4) is 11.5 Å². The first-order valence-electron chi connectivity index (χ1n) is 4.48. The van der Waals surface area contributed by atoms with Crippen LogP contribution in [0, 0.1) is 0 Å². The summed E-state index contributed by atoms with van der Waals surface area (Å²) in [5.74, 6) is 2.52. The standard InChI is InChI=1S/C10H13NO2S/c1-6-5-14-10-8(13-6)4-3-7(12-2)9(10)11/h3-4,6H,5,11H2,1-2H3. The van der Waals surface area contributed by atoms with Crippen LogP contribution in [0.25, 0.3) is 0 Å². The normalized spacial score (nSPS) is 19.7. The molecule has 1 heterocycles. The number of anilines is 1. The Bertz CT molecular complexity index is 354. The molecule has 2 rings (SSSR count). The van der Waals surface area contributed by atoms with Crippen LogP contribution in [0.2, 0.25) is 0 Å². The summed E-state index contributed by atoms with van der Waals surface area (Å²) in [7, 11) is 1.62. The fourth-order valence-corrected chi connectivity index (χ4v) is 2.42. The summed E-state index contributed by atoms with van der Waals surface area (Å²) >= 11 is 1.72. The number of methoxy groups -OCH3 is 1. The van der Waals surface area contributed by atoms with Crippen molar-refractivity contribution in [2.45, 2.75) is 17.9 Å². The first-order valence-corrected chi connectivity index (χ1v) is 5.47. The number of ether oxygens (including phenoxy) is 2. The van der Waals surface area contributed by atoms with Crippen molar-refractivity contribution >= 4 is 17.4 Å². The largest absolute Gasteiger partial charge is 0.495 e. The minimum Gasteiger partial charge on any atom is -0.495 e. The topological polar surface area (TPSA) is 44.5 Å². The number of nitrogen functional groups attached to an aromatic ring is 1. The van der Waals surface area contributed by atoms with Gasteiger partial charge in [0.05, 0.1) is 17.7 Å². The third kappa shape index (κ3) is 1.50. The van der Waals surface area contributed by atoms with Gasteiger partial charge >= 0.3 is 0 Å². The average Bonchev–Trinajstić information content (AvgIpc) is 2.18. The number of nitrogens with two attached hydrogens (primary N) is 1. The molecule has 0 aromatic heterocycles. The second kappa shape index (κ2) is 3.61. The van der Waals surface area contributed by atoms with E-state index in [-0.39, 0.29) is 6.10 Å². The van der Waals surface area contributed by atoms with Gasteiger partial charge in [0.2, 0.25) is 0 Å². The van der Waals surface area contributed by atoms with Gasteiger partial charge in [0.15, 0.2) is 0 Å². The minimum absolute atomic E-state index is 0.250. The molecule has 1 aromatic rings. The van der Waals surface area contributed by atoms with Crippen molar-refractivity contribution in [1.29, 1.82) is 0 Å². The van der Waals surface area contributed by atoms with Crippen LogP contribution in [0.15, 0.2) is 17.0 Å². The molecule has 76 valence electrons. The lowest BCUT2D eigenvalue weighted by atomic mass is 10.2. The van der Waals surface area contributed by atoms with Crippen LogP contribution >= 0.6 is 11.8 Å². The highest BCUT2D eigenvalue weighted by molar-refractivity contribution is 7.99. The Labute approximate surface area is 87.6 Å². The van der Waals surface area contributed by atoms with Crippen molar-refractivity contribution < 1.29 is 9.47 Å². The number of benzene rings is 1. The van der Waals surface area contributed by atoms with Gasteiger partial charge in [-0.05, 0) is 19.1 Å². The SMILES string of the molecule is COc1ccc2c(c1N)SCC(C)O2. The maximum atomic E-state index is 5.93. The van der Waals surface area contributed by atoms with Crippen LogP contribution in [-0.2, 0) is 0 Å². The molecule has 0 saturated heterocycles. The van der Waals surface area contributed by atoms with Gasteiger partial charge in [0.1, 0.15) is 17.6 Å². The Balaban J connectivity index is 2.43. The summed E-state index contributed by atoms with van der Waals surface area (Å²) < 4.78 is 10.8. The third-order valence-electron chi connectivity index (χ3n) is 2.13. The maximum absolute atomic E-state index is 5.93. The van der Waals surface area contributed by atoms with Gasteiger partial charge in [0, 0.05) is 5.75 Å². The molecular formula is C10H13NO2S. The van der Waals surface area contributed by atoms with Crippen molar-refractivity contribution in [3.63, 3.8) is 0 Å². The van der Waals surface area contributed by atoms with Crippen LogP contribution in [-0.4, -0.2) is 19.0 Å². The Kier molecular flexibility index (Phi) is 2.46. The molecule has 1 aliphatic rings. The van der Waals surface area contributed by atoms with Crippen LogP contribution < -0.4 is 15.2 Å². The molecule has 1 aromatic carbocycles. The maximum Gasteiger partial charge on any atom is 0.143 e. The van der Waals surface area contributed by atoms with E-state index >= 15 is 0 Å². The minimum atomic E-state index is 0.250. The molecule has 14 heavy (non-hydrogen) atoms. The lowest BCUT2D eigenvalue weighted by Gasteiger charge is -2.24. The van der Waals surface area contributed by atoms with Gasteiger partial charge in [-0.25, -0.2) is 0 Å². The van der Waals surface area contributed by atoms with Crippen LogP contribution in [0.5, 0.6) is 11.5 Å². The van der Waals surface area contributed by atoms with Crippen molar-refractivity contribution in [3.05, 3.63) is 12.1 Å². The highest BCUT2D eigenvalue weighted by Gasteiger charge is 2.20. The van der Waals surface area contributed by atoms with E-state index < -0.39 is 0 Å². The number of fused-ring (bicyclic) bond motifs is 1. The third-order valence-corrected chi connectivity index (χ3v) is 3.48. The lowest BCUT2D eigenvalue weighted by molar-refractivity contribution is 0.235. The smallest absolute Gasteiger partial charge is 0.143 e. The molecule has 1 aliphatic heterocycles. The van der Waals surface area contributed by atoms with Gasteiger partial charge in [0.25, 0.3) is 0 Å². The average molecular weight is 211 g/mol. The molecule has 2 N–H and O–H groups in total. The van der Waals surface area contributed by atoms with E-state index in [4.69, 9.17) is 15.2 Å². The van der Waals surface area contributed by atoms with Crippen molar-refractivity contribution in [1.82, 2.24) is 0 Å². The molecule has 3 nitrogen and oxygen atoms in total. The van der Waals surface area contributed by atoms with E-state index in [9.17, 15) is 0 Å². The van der Waals surface area contributed by atoms with E-state index in [1.807, 2.05) is 12.1 Å². The first kappa shape index (κ1) is 9.52. The Hall–Kier alpha value is -1.03. The van der Waals surface area contributed by atoms with Crippen molar-refractivity contribution in [2.24, 2.45) is 0 Å². The van der Waals surface area contributed by atoms with E-state index in [1.54, 1.807) is 18.9 Å². The summed E-state index contributed by atoms with van der Waals surface area (Å²) in [4.78, 5) is 1.00. The molecule has 0 bridgehead atoms. The van der Waals surface area contributed by atoms with Crippen LogP contribution in [0.3, 0.4) is 0 Å². The number of hydrogen-bond acceptors (Lipinski definition) is 4. The van der Waals surface area contributed by atoms with E-state index in [1.165, 1.54) is 0 Å². The molecule has 0 spiro atoms. The first-order chi connectivity index (χ1) is 6.72. The van der Waals surface area contributed by atoms with E-state index in [0.29, 0.717) is 5.69 Å². The van der Waals surface area contributed by atoms with Crippen LogP contribution in [0.1, 0.15) is 6.92 Å². The van der Waals surface area contributed by atoms with Gasteiger partial charge in [-0.3, -0.25) is 0 Å². The molecule has 4 heteroatoms. The summed E-state index contributed by atoms with van der Waals surface area (Å²) in [5.41, 5.74) is 6.62. The molecular weight excluding hydrogens is 198 g/mol. The zero-order valence-electron chi connectivity index (χ0n) is 8.24. The summed E-state index contributed by atoms with van der Waals surface area (Å²) in [6, 6.07) is 3.75. The Morgan fingerprint density at radius 2 is 2.36 bits per heavy atom. The number of rotatable bonds is 1. The van der Waals surface area contributed by atoms with Gasteiger partial charge < -0.3 is 15.2 Å². The fourth-order valence-electron chi connectivity index (χ4n) is 1.43. The summed E-state index contributed by atoms with van der Waals surface area (Å²) in [5, 5.41) is 0. The monoisotopic (exact) mass is 211 g/mol. The van der Waals surface area contributed by atoms with Crippen LogP contribution in [0.4, 0.5) is 5.69 Å².